The molecule has 3 N–H and O–H groups in total. The maximum atomic E-state index is 15.4. The fourth-order valence-electron chi connectivity index (χ4n) is 6.26. The van der Waals surface area contributed by atoms with Crippen LogP contribution < -0.4 is 18.9 Å². The van der Waals surface area contributed by atoms with E-state index in [4.69, 9.17) is 14.2 Å². The van der Waals surface area contributed by atoms with Gasteiger partial charge in [0.25, 0.3) is 0 Å². The van der Waals surface area contributed by atoms with Crippen LogP contribution in [-0.4, -0.2) is 109 Å². The van der Waals surface area contributed by atoms with Crippen LogP contribution in [0.15, 0.2) is 94.7 Å². The van der Waals surface area contributed by atoms with E-state index < -0.39 is 60.7 Å². The Morgan fingerprint density at radius 2 is 1.31 bits per heavy atom. The van der Waals surface area contributed by atoms with E-state index in [1.165, 1.54) is 25.1 Å². The lowest BCUT2D eigenvalue weighted by Crippen LogP contribution is -2.56. The molecule has 1 amide bonds. The van der Waals surface area contributed by atoms with Gasteiger partial charge in [0.1, 0.15) is 27.0 Å². The number of sulfonamides is 2. The van der Waals surface area contributed by atoms with Crippen LogP contribution in [0, 0.1) is 3.57 Å². The Morgan fingerprint density at radius 1 is 0.814 bits per heavy atom. The summed E-state index contributed by atoms with van der Waals surface area (Å²) in [6, 6.07) is 22.1. The number of tetrazole rings is 1. The quantitative estimate of drug-likeness (QED) is 0.101. The smallest absolute Gasteiger partial charge is 0.408 e. The minimum Gasteiger partial charge on any atom is -0.497 e. The fourth-order valence-corrected chi connectivity index (χ4v) is 10.6. The molecule has 17 nitrogen and oxygen atoms in total. The van der Waals surface area contributed by atoms with Crippen molar-refractivity contribution in [2.24, 2.45) is 0 Å². The molecule has 1 aromatic heterocycles. The molecule has 1 atom stereocenters. The first-order valence-electron chi connectivity index (χ1n) is 18.0. The van der Waals surface area contributed by atoms with E-state index in [1.54, 1.807) is 101 Å². The Hall–Kier alpha value is -4.87. The van der Waals surface area contributed by atoms with Gasteiger partial charge in [-0.25, -0.2) is 26.4 Å². The van der Waals surface area contributed by atoms with Gasteiger partial charge in [-0.15, -0.1) is 10.2 Å². The van der Waals surface area contributed by atoms with Crippen molar-refractivity contribution in [3.63, 3.8) is 0 Å². The third kappa shape index (κ3) is 10.9. The summed E-state index contributed by atoms with van der Waals surface area (Å²) in [5.74, 6) is 1.58. The van der Waals surface area contributed by atoms with Crippen LogP contribution in [0.25, 0.3) is 11.4 Å². The number of aromatic nitrogens is 4. The first-order chi connectivity index (χ1) is 27.9. The molecule has 0 fully saturated rings. The van der Waals surface area contributed by atoms with Gasteiger partial charge >= 0.3 is 6.09 Å². The van der Waals surface area contributed by atoms with Crippen molar-refractivity contribution in [3.05, 3.63) is 105 Å². The fraction of sp³-hybridized carbons (Fsp3) is 0.333. The number of amides is 1. The van der Waals surface area contributed by atoms with Crippen molar-refractivity contribution in [2.45, 2.75) is 61.8 Å². The number of benzene rings is 4. The number of hydrogen-bond donors (Lipinski definition) is 3. The van der Waals surface area contributed by atoms with Gasteiger partial charge in [-0.05, 0) is 114 Å². The summed E-state index contributed by atoms with van der Waals surface area (Å²) in [5.41, 5.74) is 0.782. The third-order valence-electron chi connectivity index (χ3n) is 9.17. The Bertz CT molecular complexity index is 2390. The van der Waals surface area contributed by atoms with Gasteiger partial charge in [0.2, 0.25) is 25.9 Å². The molecule has 0 aliphatic heterocycles. The standard InChI is InChI=1S/C39H46IN7O10S2/c1-39(2,3)47(38(49)50)29(25-48)21-41-58(51,52)34-20-19-33(40)35(37-42-44-46(43-37)24-28-11-17-32(57-6)18-12-28)36(34)59(53,54)45(22-26-7-13-30(55-4)14-8-26)23-27-9-15-31(56-5)16-10-27/h7-20,29,41,48H,21-25H2,1-6H3,(H,49,50)/t29-/m0/s1. The van der Waals surface area contributed by atoms with Crippen LogP contribution in [0.2, 0.25) is 0 Å². The van der Waals surface area contributed by atoms with Gasteiger partial charge < -0.3 is 24.4 Å². The highest BCUT2D eigenvalue weighted by Gasteiger charge is 2.39. The number of methoxy groups -OCH3 is 3. The number of carbonyl (C=O) groups is 1. The van der Waals surface area contributed by atoms with E-state index in [0.717, 1.165) is 20.8 Å². The summed E-state index contributed by atoms with van der Waals surface area (Å²) >= 11 is 1.90. The highest BCUT2D eigenvalue weighted by molar-refractivity contribution is 14.1. The van der Waals surface area contributed by atoms with E-state index >= 15 is 8.42 Å². The number of aliphatic hydroxyl groups excluding tert-OH is 1. The molecule has 0 saturated carbocycles. The van der Waals surface area contributed by atoms with Gasteiger partial charge in [-0.2, -0.15) is 9.10 Å². The number of aliphatic hydroxyl groups is 1. The highest BCUT2D eigenvalue weighted by atomic mass is 127. The second-order valence-electron chi connectivity index (χ2n) is 14.2. The average molecular weight is 964 g/mol. The van der Waals surface area contributed by atoms with E-state index in [-0.39, 0.29) is 31.0 Å². The van der Waals surface area contributed by atoms with Crippen molar-refractivity contribution in [3.8, 4) is 28.6 Å². The van der Waals surface area contributed by atoms with E-state index in [9.17, 15) is 23.4 Å². The second kappa shape index (κ2) is 19.0. The van der Waals surface area contributed by atoms with Gasteiger partial charge in [0.05, 0.1) is 46.1 Å². The van der Waals surface area contributed by atoms with Crippen LogP contribution in [0.1, 0.15) is 37.5 Å². The zero-order valence-electron chi connectivity index (χ0n) is 33.2. The maximum absolute atomic E-state index is 15.4. The first kappa shape index (κ1) is 45.2. The second-order valence-corrected chi connectivity index (χ2v) is 19.0. The van der Waals surface area contributed by atoms with Gasteiger partial charge in [-0.3, -0.25) is 4.90 Å². The van der Waals surface area contributed by atoms with Gasteiger partial charge in [0.15, 0.2) is 0 Å². The minimum absolute atomic E-state index is 0.121. The van der Waals surface area contributed by atoms with Crippen molar-refractivity contribution in [1.29, 1.82) is 0 Å². The molecule has 20 heteroatoms. The van der Waals surface area contributed by atoms with Crippen LogP contribution in [0.4, 0.5) is 4.79 Å². The van der Waals surface area contributed by atoms with Crippen LogP contribution in [-0.2, 0) is 39.7 Å². The maximum Gasteiger partial charge on any atom is 0.408 e. The number of nitrogens with zero attached hydrogens (tertiary/aromatic N) is 6. The van der Waals surface area contributed by atoms with Crippen molar-refractivity contribution in [2.75, 3.05) is 34.5 Å². The molecule has 59 heavy (non-hydrogen) atoms. The predicted molar refractivity (Wildman–Crippen MR) is 226 cm³/mol. The molecule has 5 aromatic rings. The summed E-state index contributed by atoms with van der Waals surface area (Å²) < 4.78 is 79.6. The number of halogens is 1. The lowest BCUT2D eigenvalue weighted by Gasteiger charge is -2.38. The van der Waals surface area contributed by atoms with E-state index in [0.29, 0.717) is 31.9 Å². The Morgan fingerprint density at radius 3 is 1.75 bits per heavy atom. The molecule has 0 radical (unpaired) electrons. The molecule has 1 heterocycles. The van der Waals surface area contributed by atoms with Crippen LogP contribution in [0.3, 0.4) is 0 Å². The lowest BCUT2D eigenvalue weighted by molar-refractivity contribution is 0.0482. The molecule has 0 unspecified atom stereocenters. The summed E-state index contributed by atoms with van der Waals surface area (Å²) in [5, 5.41) is 33.2. The highest BCUT2D eigenvalue weighted by Crippen LogP contribution is 2.38. The minimum atomic E-state index is -4.84. The number of rotatable bonds is 18. The SMILES string of the molecule is COc1ccc(CN(Cc2ccc(OC)cc2)S(=O)(=O)c2c(S(=O)(=O)NC[C@@H](CO)N(C(=O)O)C(C)(C)C)ccc(I)c2-c2nnn(Cc3ccc(OC)cc3)n2)cc1. The number of carboxylic acid groups (broad SMARTS) is 1. The topological polar surface area (TPSA) is 216 Å². The van der Waals surface area contributed by atoms with Gasteiger partial charge in [0, 0.05) is 28.7 Å². The third-order valence-corrected chi connectivity index (χ3v) is 13.5. The summed E-state index contributed by atoms with van der Waals surface area (Å²) in [7, 11) is -5.06. The number of ether oxygens (including phenoxy) is 3. The molecule has 4 aromatic carbocycles. The van der Waals surface area contributed by atoms with Crippen molar-refractivity contribution in [1.82, 2.24) is 34.1 Å². The molecule has 5 rings (SSSR count). The molecule has 316 valence electrons. The largest absolute Gasteiger partial charge is 0.497 e. The normalized spacial score (nSPS) is 12.6. The molecule has 0 aliphatic rings. The van der Waals surface area contributed by atoms with E-state index in [1.807, 2.05) is 22.6 Å². The first-order valence-corrected chi connectivity index (χ1v) is 22.0. The van der Waals surface area contributed by atoms with Crippen LogP contribution >= 0.6 is 22.6 Å². The Labute approximate surface area is 357 Å². The number of nitrogens with one attached hydrogen (secondary N) is 1. The monoisotopic (exact) mass is 963 g/mol. The zero-order chi connectivity index (χ0) is 43.1. The summed E-state index contributed by atoms with van der Waals surface area (Å²) in [6.45, 7) is 3.25. The number of hydrogen-bond acceptors (Lipinski definition) is 12. The van der Waals surface area contributed by atoms with Crippen molar-refractivity contribution >= 4 is 48.7 Å². The summed E-state index contributed by atoms with van der Waals surface area (Å²) in [4.78, 5) is 13.2. The molecular weight excluding hydrogens is 918 g/mol. The Balaban J connectivity index is 1.69. The summed E-state index contributed by atoms with van der Waals surface area (Å²) in [6.07, 6.45) is -1.38. The van der Waals surface area contributed by atoms with Gasteiger partial charge in [-0.1, -0.05) is 36.4 Å². The molecule has 0 saturated heterocycles. The average Bonchev–Trinajstić information content (AvgIpc) is 3.66. The molecular formula is C39H46IN7O10S2. The van der Waals surface area contributed by atoms with Crippen LogP contribution in [0.5, 0.6) is 17.2 Å². The molecule has 0 bridgehead atoms. The van der Waals surface area contributed by atoms with Crippen molar-refractivity contribution < 1.29 is 46.1 Å². The Kier molecular flexibility index (Phi) is 14.6. The zero-order valence-corrected chi connectivity index (χ0v) is 37.0. The predicted octanol–water partition coefficient (Wildman–Crippen LogP) is 4.83. The molecule has 0 aliphatic carbocycles. The lowest BCUT2D eigenvalue weighted by atomic mass is 10.0. The van der Waals surface area contributed by atoms with E-state index in [2.05, 4.69) is 20.1 Å². The molecule has 0 spiro atoms.